The van der Waals surface area contributed by atoms with Crippen LogP contribution in [0.2, 0.25) is 0 Å². The second-order valence-corrected chi connectivity index (χ2v) is 4.26. The zero-order valence-corrected chi connectivity index (χ0v) is 10.2. The number of nitrogens with one attached hydrogen (secondary N) is 2. The zero-order chi connectivity index (χ0) is 12.8. The third-order valence-corrected chi connectivity index (χ3v) is 2.94. The van der Waals surface area contributed by atoms with Crippen LogP contribution in [0.15, 0.2) is 18.3 Å². The van der Waals surface area contributed by atoms with Gasteiger partial charge in [0.15, 0.2) is 0 Å². The van der Waals surface area contributed by atoms with Crippen molar-refractivity contribution in [2.45, 2.75) is 25.4 Å². The lowest BCUT2D eigenvalue weighted by Crippen LogP contribution is -2.27. The molecule has 2 rings (SSSR count). The number of anilines is 1. The molecule has 18 heavy (non-hydrogen) atoms. The molecular weight excluding hydrogens is 232 g/mol. The number of nitrogen functional groups attached to an aromatic ring is 1. The molecule has 4 N–H and O–H groups in total. The molecule has 1 fully saturated rings. The highest BCUT2D eigenvalue weighted by molar-refractivity contribution is 5.92. The minimum Gasteiger partial charge on any atom is -0.378 e. The number of aromatic nitrogens is 1. The summed E-state index contributed by atoms with van der Waals surface area (Å²) in [7, 11) is 0. The molecule has 1 unspecified atom stereocenters. The van der Waals surface area contributed by atoms with Gasteiger partial charge < -0.3 is 15.5 Å². The van der Waals surface area contributed by atoms with Gasteiger partial charge in [-0.25, -0.2) is 4.98 Å². The molecule has 98 valence electrons. The van der Waals surface area contributed by atoms with Crippen molar-refractivity contribution in [3.8, 4) is 0 Å². The van der Waals surface area contributed by atoms with Crippen LogP contribution in [-0.4, -0.2) is 30.1 Å². The molecule has 0 spiro atoms. The highest BCUT2D eigenvalue weighted by Gasteiger charge is 2.15. The number of amides is 1. The molecule has 1 saturated heterocycles. The number of hydrogen-bond acceptors (Lipinski definition) is 5. The summed E-state index contributed by atoms with van der Waals surface area (Å²) < 4.78 is 5.48. The number of pyridine rings is 1. The van der Waals surface area contributed by atoms with E-state index in [0.29, 0.717) is 24.0 Å². The number of carbonyl (C=O) groups is 1. The Morgan fingerprint density at radius 2 is 2.44 bits per heavy atom. The minimum absolute atomic E-state index is 0.170. The molecule has 1 aliphatic heterocycles. The third kappa shape index (κ3) is 3.41. The molecule has 1 amide bonds. The molecule has 6 heteroatoms. The highest BCUT2D eigenvalue weighted by Crippen LogP contribution is 2.14. The second kappa shape index (κ2) is 6.32. The number of nitrogens with two attached hydrogens (primary N) is 1. The molecule has 0 radical (unpaired) electrons. The Bertz CT molecular complexity index is 388. The summed E-state index contributed by atoms with van der Waals surface area (Å²) >= 11 is 0. The molecular formula is C12H18N4O2. The molecule has 0 aromatic carbocycles. The van der Waals surface area contributed by atoms with Gasteiger partial charge in [-0.05, 0) is 31.4 Å². The van der Waals surface area contributed by atoms with Gasteiger partial charge in [0.25, 0.3) is 5.91 Å². The minimum atomic E-state index is -0.170. The summed E-state index contributed by atoms with van der Waals surface area (Å²) in [6.07, 6.45) is 4.88. The van der Waals surface area contributed by atoms with Crippen molar-refractivity contribution in [3.05, 3.63) is 24.0 Å². The Morgan fingerprint density at radius 1 is 1.56 bits per heavy atom. The Hall–Kier alpha value is -1.66. The van der Waals surface area contributed by atoms with Crippen LogP contribution in [0.1, 0.15) is 29.8 Å². The van der Waals surface area contributed by atoms with Crippen LogP contribution in [0.25, 0.3) is 0 Å². The van der Waals surface area contributed by atoms with Gasteiger partial charge in [-0.1, -0.05) is 0 Å². The monoisotopic (exact) mass is 250 g/mol. The van der Waals surface area contributed by atoms with E-state index in [1.165, 1.54) is 6.20 Å². The van der Waals surface area contributed by atoms with Crippen LogP contribution >= 0.6 is 0 Å². The van der Waals surface area contributed by atoms with E-state index in [2.05, 4.69) is 15.7 Å². The Kier molecular flexibility index (Phi) is 4.49. The summed E-state index contributed by atoms with van der Waals surface area (Å²) in [4.78, 5) is 15.8. The lowest BCUT2D eigenvalue weighted by Gasteiger charge is -2.09. The van der Waals surface area contributed by atoms with E-state index >= 15 is 0 Å². The Labute approximate surface area is 106 Å². The van der Waals surface area contributed by atoms with Crippen LogP contribution in [0, 0.1) is 0 Å². The largest absolute Gasteiger partial charge is 0.378 e. The van der Waals surface area contributed by atoms with E-state index in [-0.39, 0.29) is 5.91 Å². The number of carbonyl (C=O) groups excluding carboxylic acids is 1. The molecule has 6 nitrogen and oxygen atoms in total. The highest BCUT2D eigenvalue weighted by atomic mass is 16.5. The maximum absolute atomic E-state index is 11.8. The van der Waals surface area contributed by atoms with E-state index in [4.69, 9.17) is 10.6 Å². The fourth-order valence-electron chi connectivity index (χ4n) is 1.92. The normalized spacial score (nSPS) is 18.6. The summed E-state index contributed by atoms with van der Waals surface area (Å²) in [6.45, 7) is 1.45. The van der Waals surface area contributed by atoms with Gasteiger partial charge in [-0.2, -0.15) is 0 Å². The number of nitrogens with zero attached hydrogens (tertiary/aromatic N) is 1. The standard InChI is InChI=1S/C12H18N4O2/c13-16-9-3-4-11(15-8-9)12(17)14-6-5-10-2-1-7-18-10/h3-4,8,10,16H,1-2,5-7,13H2,(H,14,17). The summed E-state index contributed by atoms with van der Waals surface area (Å²) in [5, 5.41) is 2.83. The van der Waals surface area contributed by atoms with Gasteiger partial charge in [-0.3, -0.25) is 10.6 Å². The van der Waals surface area contributed by atoms with Crippen molar-refractivity contribution in [3.63, 3.8) is 0 Å². The first-order valence-corrected chi connectivity index (χ1v) is 6.12. The average Bonchev–Trinajstić information content (AvgIpc) is 2.92. The van der Waals surface area contributed by atoms with Crippen molar-refractivity contribution in [2.75, 3.05) is 18.6 Å². The predicted molar refractivity (Wildman–Crippen MR) is 68.0 cm³/mol. The number of rotatable bonds is 5. The lowest BCUT2D eigenvalue weighted by molar-refractivity contribution is 0.0903. The van der Waals surface area contributed by atoms with Crippen molar-refractivity contribution in [1.82, 2.24) is 10.3 Å². The molecule has 1 atom stereocenters. The summed E-state index contributed by atoms with van der Waals surface area (Å²) in [5.74, 6) is 5.05. The van der Waals surface area contributed by atoms with Gasteiger partial charge in [0, 0.05) is 13.2 Å². The molecule has 1 aromatic rings. The summed E-state index contributed by atoms with van der Waals surface area (Å²) in [5.41, 5.74) is 3.52. The lowest BCUT2D eigenvalue weighted by atomic mass is 10.2. The first-order chi connectivity index (χ1) is 8.79. The van der Waals surface area contributed by atoms with Crippen molar-refractivity contribution < 1.29 is 9.53 Å². The molecule has 1 aromatic heterocycles. The van der Waals surface area contributed by atoms with E-state index in [9.17, 15) is 4.79 Å². The van der Waals surface area contributed by atoms with Gasteiger partial charge in [0.1, 0.15) is 5.69 Å². The number of hydrazine groups is 1. The Balaban J connectivity index is 1.76. The van der Waals surface area contributed by atoms with Crippen molar-refractivity contribution in [2.24, 2.45) is 5.84 Å². The van der Waals surface area contributed by atoms with Gasteiger partial charge in [-0.15, -0.1) is 0 Å². The van der Waals surface area contributed by atoms with E-state index in [1.54, 1.807) is 12.1 Å². The molecule has 0 bridgehead atoms. The van der Waals surface area contributed by atoms with Crippen LogP contribution < -0.4 is 16.6 Å². The van der Waals surface area contributed by atoms with Gasteiger partial charge in [0.2, 0.25) is 0 Å². The fraction of sp³-hybridized carbons (Fsp3) is 0.500. The smallest absolute Gasteiger partial charge is 0.269 e. The molecule has 2 heterocycles. The molecule has 0 aliphatic carbocycles. The van der Waals surface area contributed by atoms with Gasteiger partial charge in [0.05, 0.1) is 18.0 Å². The maximum Gasteiger partial charge on any atom is 0.269 e. The first-order valence-electron chi connectivity index (χ1n) is 6.12. The first kappa shape index (κ1) is 12.8. The van der Waals surface area contributed by atoms with Crippen LogP contribution in [-0.2, 0) is 4.74 Å². The van der Waals surface area contributed by atoms with Gasteiger partial charge >= 0.3 is 0 Å². The number of hydrogen-bond donors (Lipinski definition) is 3. The third-order valence-electron chi connectivity index (χ3n) is 2.94. The SMILES string of the molecule is NNc1ccc(C(=O)NCCC2CCCO2)nc1. The van der Waals surface area contributed by atoms with Crippen LogP contribution in [0.3, 0.4) is 0 Å². The second-order valence-electron chi connectivity index (χ2n) is 4.26. The molecule has 1 aliphatic rings. The average molecular weight is 250 g/mol. The van der Waals surface area contributed by atoms with Crippen LogP contribution in [0.4, 0.5) is 5.69 Å². The quantitative estimate of drug-likeness (QED) is 0.528. The van der Waals surface area contributed by atoms with E-state index in [1.807, 2.05) is 0 Å². The van der Waals surface area contributed by atoms with Crippen molar-refractivity contribution in [1.29, 1.82) is 0 Å². The predicted octanol–water partition coefficient (Wildman–Crippen LogP) is 0.666. The van der Waals surface area contributed by atoms with E-state index < -0.39 is 0 Å². The fourth-order valence-corrected chi connectivity index (χ4v) is 1.92. The molecule has 0 saturated carbocycles. The van der Waals surface area contributed by atoms with E-state index in [0.717, 1.165) is 25.9 Å². The summed E-state index contributed by atoms with van der Waals surface area (Å²) in [6, 6.07) is 3.35. The zero-order valence-electron chi connectivity index (χ0n) is 10.2. The topological polar surface area (TPSA) is 89.3 Å². The van der Waals surface area contributed by atoms with Crippen molar-refractivity contribution >= 4 is 11.6 Å². The Morgan fingerprint density at radius 3 is 3.06 bits per heavy atom. The number of ether oxygens (including phenoxy) is 1. The maximum atomic E-state index is 11.8. The van der Waals surface area contributed by atoms with Crippen LogP contribution in [0.5, 0.6) is 0 Å².